The largest absolute Gasteiger partial charge is 0.303 e. The molecule has 4 nitrogen and oxygen atoms in total. The first-order valence-electron chi connectivity index (χ1n) is 8.64. The van der Waals surface area contributed by atoms with E-state index in [1.807, 2.05) is 0 Å². The maximum absolute atomic E-state index is 13.7. The Morgan fingerprint density at radius 1 is 1.08 bits per heavy atom. The highest BCUT2D eigenvalue weighted by atomic mass is 32.2. The second kappa shape index (κ2) is 7.45. The van der Waals surface area contributed by atoms with Crippen LogP contribution in [0.5, 0.6) is 0 Å². The number of benzene rings is 1. The first-order valence-corrected chi connectivity index (χ1v) is 10.1. The third kappa shape index (κ3) is 4.32. The zero-order valence-corrected chi connectivity index (χ0v) is 14.5. The quantitative estimate of drug-likeness (QED) is 0.880. The lowest BCUT2D eigenvalue weighted by atomic mass is 10.0. The van der Waals surface area contributed by atoms with Crippen LogP contribution in [-0.2, 0) is 10.0 Å². The molecule has 24 heavy (non-hydrogen) atoms. The standard InChI is InChI=1S/C17H24F2N2O2S/c18-14-5-6-16(19)17(11-14)24(22,23)20-15-7-9-21(10-8-15)12-13-3-1-2-4-13/h5-6,11,13,15,20H,1-4,7-10,12H2. The average Bonchev–Trinajstić information content (AvgIpc) is 3.04. The molecule has 0 aromatic heterocycles. The van der Waals surface area contributed by atoms with Crippen LogP contribution in [0.2, 0.25) is 0 Å². The van der Waals surface area contributed by atoms with Crippen LogP contribution in [0.15, 0.2) is 23.1 Å². The summed E-state index contributed by atoms with van der Waals surface area (Å²) in [5.74, 6) is -0.912. The third-order valence-electron chi connectivity index (χ3n) is 5.08. The molecule has 1 heterocycles. The van der Waals surface area contributed by atoms with Crippen LogP contribution in [0.3, 0.4) is 0 Å². The Hall–Kier alpha value is -1.05. The fourth-order valence-electron chi connectivity index (χ4n) is 3.76. The maximum atomic E-state index is 13.7. The zero-order valence-electron chi connectivity index (χ0n) is 13.7. The van der Waals surface area contributed by atoms with Gasteiger partial charge in [0.1, 0.15) is 16.5 Å². The van der Waals surface area contributed by atoms with E-state index in [2.05, 4.69) is 9.62 Å². The summed E-state index contributed by atoms with van der Waals surface area (Å²) in [6.07, 6.45) is 6.63. The van der Waals surface area contributed by atoms with Crippen molar-refractivity contribution in [1.29, 1.82) is 0 Å². The van der Waals surface area contributed by atoms with Gasteiger partial charge in [-0.2, -0.15) is 0 Å². The lowest BCUT2D eigenvalue weighted by Gasteiger charge is -2.33. The Morgan fingerprint density at radius 3 is 2.42 bits per heavy atom. The van der Waals surface area contributed by atoms with E-state index in [-0.39, 0.29) is 6.04 Å². The molecule has 1 aliphatic carbocycles. The molecule has 0 atom stereocenters. The van der Waals surface area contributed by atoms with Crippen molar-refractivity contribution in [3.8, 4) is 0 Å². The Bertz CT molecular complexity index is 667. The number of likely N-dealkylation sites (tertiary alicyclic amines) is 1. The fourth-order valence-corrected chi connectivity index (χ4v) is 5.15. The maximum Gasteiger partial charge on any atom is 0.243 e. The first-order chi connectivity index (χ1) is 11.4. The third-order valence-corrected chi connectivity index (χ3v) is 6.62. The van der Waals surface area contributed by atoms with Gasteiger partial charge < -0.3 is 4.90 Å². The molecule has 2 aliphatic rings. The van der Waals surface area contributed by atoms with Crippen LogP contribution in [0, 0.1) is 17.6 Å². The topological polar surface area (TPSA) is 49.4 Å². The van der Waals surface area contributed by atoms with E-state index in [0.29, 0.717) is 12.8 Å². The second-order valence-electron chi connectivity index (χ2n) is 6.92. The number of nitrogens with zero attached hydrogens (tertiary/aromatic N) is 1. The Kier molecular flexibility index (Phi) is 5.52. The Balaban J connectivity index is 1.56. The highest BCUT2D eigenvalue weighted by Gasteiger charge is 2.28. The van der Waals surface area contributed by atoms with Gasteiger partial charge in [0.2, 0.25) is 10.0 Å². The van der Waals surface area contributed by atoms with Gasteiger partial charge in [-0.15, -0.1) is 0 Å². The fraction of sp³-hybridized carbons (Fsp3) is 0.647. The summed E-state index contributed by atoms with van der Waals surface area (Å²) < 4.78 is 54.1. The molecule has 1 saturated carbocycles. The van der Waals surface area contributed by atoms with E-state index < -0.39 is 26.6 Å². The van der Waals surface area contributed by atoms with Crippen molar-refractivity contribution in [2.45, 2.75) is 49.5 Å². The van der Waals surface area contributed by atoms with E-state index in [0.717, 1.165) is 43.8 Å². The minimum atomic E-state index is -4.04. The molecular formula is C17H24F2N2O2S. The summed E-state index contributed by atoms with van der Waals surface area (Å²) in [5.41, 5.74) is 0. The molecule has 1 N–H and O–H groups in total. The second-order valence-corrected chi connectivity index (χ2v) is 8.60. The van der Waals surface area contributed by atoms with Crippen molar-refractivity contribution < 1.29 is 17.2 Å². The van der Waals surface area contributed by atoms with Gasteiger partial charge >= 0.3 is 0 Å². The Morgan fingerprint density at radius 2 is 1.75 bits per heavy atom. The summed E-state index contributed by atoms with van der Waals surface area (Å²) in [6, 6.07) is 2.26. The van der Waals surface area contributed by atoms with Crippen molar-refractivity contribution in [3.05, 3.63) is 29.8 Å². The van der Waals surface area contributed by atoms with E-state index in [4.69, 9.17) is 0 Å². The zero-order chi connectivity index (χ0) is 17.2. The summed E-state index contributed by atoms with van der Waals surface area (Å²) in [6.45, 7) is 2.78. The van der Waals surface area contributed by atoms with Crippen molar-refractivity contribution >= 4 is 10.0 Å². The van der Waals surface area contributed by atoms with Crippen molar-refractivity contribution in [3.63, 3.8) is 0 Å². The van der Waals surface area contributed by atoms with Crippen LogP contribution in [0.1, 0.15) is 38.5 Å². The van der Waals surface area contributed by atoms with Crippen LogP contribution in [-0.4, -0.2) is 39.0 Å². The lowest BCUT2D eigenvalue weighted by Crippen LogP contribution is -2.45. The van der Waals surface area contributed by atoms with Gasteiger partial charge in [0.25, 0.3) is 0 Å². The van der Waals surface area contributed by atoms with Crippen molar-refractivity contribution in [2.75, 3.05) is 19.6 Å². The van der Waals surface area contributed by atoms with Gasteiger partial charge in [0.15, 0.2) is 0 Å². The first kappa shape index (κ1) is 17.8. The molecule has 3 rings (SSSR count). The van der Waals surface area contributed by atoms with Crippen LogP contribution < -0.4 is 4.72 Å². The van der Waals surface area contributed by atoms with E-state index in [1.54, 1.807) is 0 Å². The van der Waals surface area contributed by atoms with Crippen LogP contribution >= 0.6 is 0 Å². The normalized spacial score (nSPS) is 21.4. The predicted molar refractivity (Wildman–Crippen MR) is 88.1 cm³/mol. The molecule has 2 fully saturated rings. The molecule has 0 unspecified atom stereocenters. The molecular weight excluding hydrogens is 334 g/mol. The predicted octanol–water partition coefficient (Wildman–Crippen LogP) is 2.90. The highest BCUT2D eigenvalue weighted by Crippen LogP contribution is 2.26. The number of piperidine rings is 1. The molecule has 1 aromatic carbocycles. The van der Waals surface area contributed by atoms with Crippen LogP contribution in [0.4, 0.5) is 8.78 Å². The molecule has 0 radical (unpaired) electrons. The smallest absolute Gasteiger partial charge is 0.243 e. The van der Waals surface area contributed by atoms with E-state index >= 15 is 0 Å². The highest BCUT2D eigenvalue weighted by molar-refractivity contribution is 7.89. The monoisotopic (exact) mass is 358 g/mol. The molecule has 0 spiro atoms. The summed E-state index contributed by atoms with van der Waals surface area (Å²) in [5, 5.41) is 0. The lowest BCUT2D eigenvalue weighted by molar-refractivity contribution is 0.180. The number of rotatable bonds is 5. The average molecular weight is 358 g/mol. The molecule has 1 saturated heterocycles. The van der Waals surface area contributed by atoms with Gasteiger partial charge in [-0.25, -0.2) is 21.9 Å². The summed E-state index contributed by atoms with van der Waals surface area (Å²) in [7, 11) is -4.04. The molecule has 0 bridgehead atoms. The number of hydrogen-bond donors (Lipinski definition) is 1. The number of halogens is 2. The Labute approximate surface area is 142 Å². The van der Waals surface area contributed by atoms with Crippen LogP contribution in [0.25, 0.3) is 0 Å². The number of hydrogen-bond acceptors (Lipinski definition) is 3. The minimum Gasteiger partial charge on any atom is -0.303 e. The molecule has 0 amide bonds. The van der Waals surface area contributed by atoms with E-state index in [1.165, 1.54) is 25.7 Å². The van der Waals surface area contributed by atoms with Gasteiger partial charge in [0, 0.05) is 12.6 Å². The SMILES string of the molecule is O=S(=O)(NC1CCN(CC2CCCC2)CC1)c1cc(F)ccc1F. The van der Waals surface area contributed by atoms with Gasteiger partial charge in [-0.1, -0.05) is 12.8 Å². The van der Waals surface area contributed by atoms with E-state index in [9.17, 15) is 17.2 Å². The van der Waals surface area contributed by atoms with Gasteiger partial charge in [0.05, 0.1) is 0 Å². The molecule has 7 heteroatoms. The summed E-state index contributed by atoms with van der Waals surface area (Å²) >= 11 is 0. The van der Waals surface area contributed by atoms with Crippen molar-refractivity contribution in [1.82, 2.24) is 9.62 Å². The molecule has 1 aromatic rings. The van der Waals surface area contributed by atoms with Gasteiger partial charge in [-0.05, 0) is 62.9 Å². The van der Waals surface area contributed by atoms with Gasteiger partial charge in [-0.3, -0.25) is 0 Å². The number of nitrogens with one attached hydrogen (secondary N) is 1. The minimum absolute atomic E-state index is 0.225. The molecule has 134 valence electrons. The molecule has 1 aliphatic heterocycles. The number of sulfonamides is 1. The summed E-state index contributed by atoms with van der Waals surface area (Å²) in [4.78, 5) is 1.78. The van der Waals surface area contributed by atoms with Crippen molar-refractivity contribution in [2.24, 2.45) is 5.92 Å².